The molecule has 0 spiro atoms. The summed E-state index contributed by atoms with van der Waals surface area (Å²) in [5, 5.41) is 3.10. The molecule has 0 aliphatic carbocycles. The van der Waals surface area contributed by atoms with E-state index in [1.807, 2.05) is 18.5 Å². The number of nitrogens with zero attached hydrogens (tertiary/aromatic N) is 2. The van der Waals surface area contributed by atoms with Crippen LogP contribution in [0.1, 0.15) is 18.4 Å². The maximum absolute atomic E-state index is 5.55. The first-order chi connectivity index (χ1) is 5.83. The molecule has 2 N–H and O–H groups in total. The molecule has 1 rings (SSSR count). The van der Waals surface area contributed by atoms with E-state index in [1.165, 1.54) is 0 Å². The van der Waals surface area contributed by atoms with E-state index in [0.717, 1.165) is 30.2 Å². The molecule has 1 heterocycles. The molecule has 3 nitrogen and oxygen atoms in total. The Morgan fingerprint density at radius 3 is 3.17 bits per heavy atom. The molecule has 1 aromatic heterocycles. The molecule has 0 aliphatic rings. The van der Waals surface area contributed by atoms with Crippen LogP contribution in [0.15, 0.2) is 16.6 Å². The van der Waals surface area contributed by atoms with Gasteiger partial charge in [-0.2, -0.15) is 0 Å². The fourth-order valence-electron chi connectivity index (χ4n) is 0.783. The fourth-order valence-corrected chi connectivity index (χ4v) is 1.39. The Bertz CT molecular complexity index is 241. The van der Waals surface area contributed by atoms with Crippen molar-refractivity contribution in [1.29, 1.82) is 0 Å². The maximum atomic E-state index is 5.55. The second-order valence-corrected chi connectivity index (χ2v) is 3.38. The van der Waals surface area contributed by atoms with Crippen LogP contribution in [0.2, 0.25) is 0 Å². The second-order valence-electron chi connectivity index (χ2n) is 2.40. The molecule has 0 saturated carbocycles. The van der Waals surface area contributed by atoms with Crippen LogP contribution in [0.5, 0.6) is 0 Å². The van der Waals surface area contributed by atoms with Crippen LogP contribution in [0.4, 0.5) is 0 Å². The van der Waals surface area contributed by atoms with Gasteiger partial charge in [0.25, 0.3) is 0 Å². The smallest absolute Gasteiger partial charge is 0.0943 e. The van der Waals surface area contributed by atoms with Crippen molar-refractivity contribution >= 4 is 17.2 Å². The Morgan fingerprint density at radius 1 is 1.75 bits per heavy atom. The van der Waals surface area contributed by atoms with E-state index in [0.29, 0.717) is 0 Å². The number of aliphatic imine (C=N–C) groups is 1. The number of rotatable bonds is 4. The van der Waals surface area contributed by atoms with Crippen LogP contribution in [-0.4, -0.2) is 17.4 Å². The number of hydrogen-bond acceptors (Lipinski definition) is 3. The van der Waals surface area contributed by atoms with Crippen molar-refractivity contribution < 1.29 is 0 Å². The Balaban J connectivity index is 2.28. The molecule has 0 amide bonds. The molecule has 0 fully saturated rings. The maximum Gasteiger partial charge on any atom is 0.0943 e. The number of hydrogen-bond donors (Lipinski definition) is 1. The summed E-state index contributed by atoms with van der Waals surface area (Å²) in [6.07, 6.45) is 3.54. The minimum Gasteiger partial charge on any atom is -0.387 e. The first kappa shape index (κ1) is 9.19. The Hall–Kier alpha value is -0.900. The Labute approximate surface area is 76.4 Å². The average Bonchev–Trinajstić information content (AvgIpc) is 2.57. The summed E-state index contributed by atoms with van der Waals surface area (Å²) in [5.74, 6) is 0.728. The molecule has 1 aromatic rings. The molecule has 0 saturated heterocycles. The quantitative estimate of drug-likeness (QED) is 0.567. The van der Waals surface area contributed by atoms with Gasteiger partial charge in [-0.1, -0.05) is 6.92 Å². The summed E-state index contributed by atoms with van der Waals surface area (Å²) in [6, 6.07) is 0. The van der Waals surface area contributed by atoms with Gasteiger partial charge in [0.05, 0.1) is 10.8 Å². The molecular weight excluding hydrogens is 170 g/mol. The van der Waals surface area contributed by atoms with Crippen LogP contribution < -0.4 is 5.73 Å². The van der Waals surface area contributed by atoms with E-state index in [1.54, 1.807) is 11.3 Å². The third kappa shape index (κ3) is 3.00. The van der Waals surface area contributed by atoms with Crippen molar-refractivity contribution in [3.63, 3.8) is 0 Å². The number of nitrogens with two attached hydrogens (primary N) is 1. The zero-order valence-electron chi connectivity index (χ0n) is 7.16. The summed E-state index contributed by atoms with van der Waals surface area (Å²) < 4.78 is 0. The molecule has 4 heteroatoms. The topological polar surface area (TPSA) is 51.3 Å². The van der Waals surface area contributed by atoms with E-state index in [-0.39, 0.29) is 0 Å². The van der Waals surface area contributed by atoms with Gasteiger partial charge < -0.3 is 5.73 Å². The van der Waals surface area contributed by atoms with E-state index >= 15 is 0 Å². The lowest BCUT2D eigenvalue weighted by Crippen LogP contribution is -2.10. The first-order valence-corrected chi connectivity index (χ1v) is 4.88. The lowest BCUT2D eigenvalue weighted by molar-refractivity contribution is 0.942. The van der Waals surface area contributed by atoms with Gasteiger partial charge in [-0.15, -0.1) is 11.3 Å². The zero-order chi connectivity index (χ0) is 8.81. The molecule has 0 radical (unpaired) electrons. The van der Waals surface area contributed by atoms with Gasteiger partial charge in [0.1, 0.15) is 0 Å². The van der Waals surface area contributed by atoms with Gasteiger partial charge in [0.2, 0.25) is 0 Å². The highest BCUT2D eigenvalue weighted by Gasteiger charge is 1.93. The molecule has 0 bridgehead atoms. The zero-order valence-corrected chi connectivity index (χ0v) is 7.97. The van der Waals surface area contributed by atoms with Crippen molar-refractivity contribution in [2.75, 3.05) is 6.54 Å². The van der Waals surface area contributed by atoms with Crippen LogP contribution in [-0.2, 0) is 6.42 Å². The summed E-state index contributed by atoms with van der Waals surface area (Å²) in [6.45, 7) is 2.76. The second kappa shape index (κ2) is 4.87. The standard InChI is InChI=1S/C8H13N3S/c1-2-7(9)10-4-3-8-11-5-6-12-8/h5-6H,2-4H2,1H3,(H2,9,10). The molecule has 0 aromatic carbocycles. The minimum atomic E-state index is 0.728. The highest BCUT2D eigenvalue weighted by Crippen LogP contribution is 2.04. The van der Waals surface area contributed by atoms with Gasteiger partial charge in [0.15, 0.2) is 0 Å². The highest BCUT2D eigenvalue weighted by atomic mass is 32.1. The summed E-state index contributed by atoms with van der Waals surface area (Å²) >= 11 is 1.66. The lowest BCUT2D eigenvalue weighted by Gasteiger charge is -1.94. The lowest BCUT2D eigenvalue weighted by atomic mass is 10.4. The van der Waals surface area contributed by atoms with Crippen LogP contribution in [0.25, 0.3) is 0 Å². The number of amidine groups is 1. The van der Waals surface area contributed by atoms with Crippen LogP contribution in [0, 0.1) is 0 Å². The minimum absolute atomic E-state index is 0.728. The van der Waals surface area contributed by atoms with Crippen molar-refractivity contribution in [1.82, 2.24) is 4.98 Å². The summed E-state index contributed by atoms with van der Waals surface area (Å²) in [4.78, 5) is 8.33. The predicted molar refractivity (Wildman–Crippen MR) is 52.6 cm³/mol. The van der Waals surface area contributed by atoms with Crippen LogP contribution >= 0.6 is 11.3 Å². The van der Waals surface area contributed by atoms with Gasteiger partial charge in [-0.3, -0.25) is 4.99 Å². The van der Waals surface area contributed by atoms with Crippen molar-refractivity contribution in [3.8, 4) is 0 Å². The Morgan fingerprint density at radius 2 is 2.58 bits per heavy atom. The largest absolute Gasteiger partial charge is 0.387 e. The van der Waals surface area contributed by atoms with Crippen LogP contribution in [0.3, 0.4) is 0 Å². The van der Waals surface area contributed by atoms with Gasteiger partial charge in [-0.25, -0.2) is 4.98 Å². The summed E-state index contributed by atoms with van der Waals surface area (Å²) in [5.41, 5.74) is 5.55. The van der Waals surface area contributed by atoms with E-state index in [9.17, 15) is 0 Å². The molecule has 0 atom stereocenters. The van der Waals surface area contributed by atoms with E-state index in [4.69, 9.17) is 5.73 Å². The highest BCUT2D eigenvalue weighted by molar-refractivity contribution is 7.09. The molecule has 0 aliphatic heterocycles. The monoisotopic (exact) mass is 183 g/mol. The third-order valence-corrected chi connectivity index (χ3v) is 2.33. The molecule has 66 valence electrons. The summed E-state index contributed by atoms with van der Waals surface area (Å²) in [7, 11) is 0. The van der Waals surface area contributed by atoms with Gasteiger partial charge in [0, 0.05) is 31.0 Å². The molecule has 12 heavy (non-hydrogen) atoms. The average molecular weight is 183 g/mol. The van der Waals surface area contributed by atoms with E-state index < -0.39 is 0 Å². The first-order valence-electron chi connectivity index (χ1n) is 4.00. The SMILES string of the molecule is CCC(N)=NCCc1nccs1. The number of thiazole rings is 1. The molecular formula is C8H13N3S. The van der Waals surface area contributed by atoms with Gasteiger partial charge >= 0.3 is 0 Å². The number of aromatic nitrogens is 1. The fraction of sp³-hybridized carbons (Fsp3) is 0.500. The Kier molecular flexibility index (Phi) is 3.73. The van der Waals surface area contributed by atoms with Crippen molar-refractivity contribution in [2.45, 2.75) is 19.8 Å². The third-order valence-electron chi connectivity index (χ3n) is 1.49. The van der Waals surface area contributed by atoms with E-state index in [2.05, 4.69) is 9.98 Å². The predicted octanol–water partition coefficient (Wildman–Crippen LogP) is 1.45. The van der Waals surface area contributed by atoms with Crippen molar-refractivity contribution in [2.24, 2.45) is 10.7 Å². The van der Waals surface area contributed by atoms with Crippen molar-refractivity contribution in [3.05, 3.63) is 16.6 Å². The molecule has 0 unspecified atom stereocenters. The normalized spacial score (nSPS) is 11.9. The van der Waals surface area contributed by atoms with Gasteiger partial charge in [-0.05, 0) is 0 Å².